The van der Waals surface area contributed by atoms with Crippen molar-refractivity contribution < 1.29 is 14.3 Å². The number of ether oxygens (including phenoxy) is 1. The Bertz CT molecular complexity index is 1080. The summed E-state index contributed by atoms with van der Waals surface area (Å²) in [5.41, 5.74) is 5.19. The summed E-state index contributed by atoms with van der Waals surface area (Å²) >= 11 is 1.51. The van der Waals surface area contributed by atoms with E-state index in [2.05, 4.69) is 16.0 Å². The zero-order chi connectivity index (χ0) is 20.5. The zero-order valence-electron chi connectivity index (χ0n) is 16.9. The third-order valence-electron chi connectivity index (χ3n) is 5.16. The first-order chi connectivity index (χ1) is 14.0. The van der Waals surface area contributed by atoms with Gasteiger partial charge in [-0.25, -0.2) is 9.78 Å². The number of aromatic nitrogens is 2. The summed E-state index contributed by atoms with van der Waals surface area (Å²) in [6, 6.07) is 9.73. The minimum Gasteiger partial charge on any atom is -0.461 e. The molecule has 6 heteroatoms. The van der Waals surface area contributed by atoms with Crippen LogP contribution in [0.4, 0.5) is 0 Å². The molecule has 1 saturated carbocycles. The fraction of sp³-hybridized carbons (Fsp3) is 0.348. The van der Waals surface area contributed by atoms with Crippen LogP contribution in [0, 0.1) is 12.8 Å². The first-order valence-corrected chi connectivity index (χ1v) is 10.8. The van der Waals surface area contributed by atoms with Crippen molar-refractivity contribution in [3.63, 3.8) is 0 Å². The Morgan fingerprint density at radius 1 is 1.28 bits per heavy atom. The number of rotatable bonds is 7. The van der Waals surface area contributed by atoms with Crippen LogP contribution < -0.4 is 0 Å². The monoisotopic (exact) mass is 408 g/mol. The van der Waals surface area contributed by atoms with Crippen molar-refractivity contribution in [2.45, 2.75) is 40.0 Å². The first-order valence-electron chi connectivity index (χ1n) is 9.94. The number of nitrogens with one attached hydrogen (secondary N) is 1. The van der Waals surface area contributed by atoms with Crippen LogP contribution in [0.15, 0.2) is 30.3 Å². The zero-order valence-corrected chi connectivity index (χ0v) is 17.7. The number of Topliss-reactive ketones (excluding diaryl/α,β-unsaturated/α-hetero) is 1. The topological polar surface area (TPSA) is 72.0 Å². The Kier molecular flexibility index (Phi) is 5.37. The molecule has 2 aromatic heterocycles. The Labute approximate surface area is 174 Å². The number of hydrogen-bond donors (Lipinski definition) is 1. The molecule has 0 radical (unpaired) electrons. The minimum absolute atomic E-state index is 0.0476. The molecule has 0 spiro atoms. The van der Waals surface area contributed by atoms with Gasteiger partial charge in [-0.15, -0.1) is 11.3 Å². The molecule has 1 fully saturated rings. The highest BCUT2D eigenvalue weighted by Crippen LogP contribution is 2.39. The van der Waals surface area contributed by atoms with Crippen molar-refractivity contribution in [1.29, 1.82) is 0 Å². The molecular formula is C23H24N2O3S. The number of ketones is 1. The van der Waals surface area contributed by atoms with Gasteiger partial charge in [0.25, 0.3) is 0 Å². The highest BCUT2D eigenvalue weighted by Gasteiger charge is 2.26. The van der Waals surface area contributed by atoms with Gasteiger partial charge in [-0.2, -0.15) is 0 Å². The maximum absolute atomic E-state index is 12.2. The van der Waals surface area contributed by atoms with Gasteiger partial charge in [0.1, 0.15) is 5.01 Å². The smallest absolute Gasteiger partial charge is 0.358 e. The molecule has 5 nitrogen and oxygen atoms in total. The van der Waals surface area contributed by atoms with Gasteiger partial charge in [-0.1, -0.05) is 18.2 Å². The molecule has 29 heavy (non-hydrogen) atoms. The van der Waals surface area contributed by atoms with Gasteiger partial charge in [0.2, 0.25) is 0 Å². The Hall–Kier alpha value is -2.73. The van der Waals surface area contributed by atoms with Crippen LogP contribution in [0.5, 0.6) is 0 Å². The lowest BCUT2D eigenvalue weighted by atomic mass is 10.1. The number of carbonyl (C=O) groups excluding carboxylic acids is 2. The Morgan fingerprint density at radius 2 is 2.07 bits per heavy atom. The molecule has 0 bridgehead atoms. The summed E-state index contributed by atoms with van der Waals surface area (Å²) in [4.78, 5) is 33.0. The van der Waals surface area contributed by atoms with Gasteiger partial charge >= 0.3 is 5.97 Å². The molecular weight excluding hydrogens is 384 g/mol. The average Bonchev–Trinajstić information content (AvgIpc) is 3.28. The van der Waals surface area contributed by atoms with E-state index in [0.717, 1.165) is 38.8 Å². The van der Waals surface area contributed by atoms with Crippen LogP contribution >= 0.6 is 11.3 Å². The summed E-state index contributed by atoms with van der Waals surface area (Å²) in [6.45, 7) is 5.60. The maximum Gasteiger partial charge on any atom is 0.358 e. The number of benzene rings is 1. The lowest BCUT2D eigenvalue weighted by Crippen LogP contribution is -2.06. The van der Waals surface area contributed by atoms with E-state index in [0.29, 0.717) is 23.8 Å². The molecule has 1 aliphatic carbocycles. The van der Waals surface area contributed by atoms with Crippen LogP contribution in [-0.2, 0) is 11.2 Å². The van der Waals surface area contributed by atoms with E-state index in [1.807, 2.05) is 31.2 Å². The van der Waals surface area contributed by atoms with E-state index in [1.165, 1.54) is 24.2 Å². The number of esters is 1. The van der Waals surface area contributed by atoms with Gasteiger partial charge in [-0.05, 0) is 63.6 Å². The lowest BCUT2D eigenvalue weighted by molar-refractivity contribution is 0.0519. The third kappa shape index (κ3) is 4.17. The van der Waals surface area contributed by atoms with Crippen molar-refractivity contribution in [2.24, 2.45) is 5.92 Å². The molecule has 4 rings (SSSR count). The van der Waals surface area contributed by atoms with E-state index in [4.69, 9.17) is 4.74 Å². The molecule has 0 saturated heterocycles. The van der Waals surface area contributed by atoms with Crippen molar-refractivity contribution in [2.75, 3.05) is 6.61 Å². The molecule has 0 atom stereocenters. The summed E-state index contributed by atoms with van der Waals surface area (Å²) in [6.07, 6.45) is 3.46. The molecule has 2 heterocycles. The third-order valence-corrected chi connectivity index (χ3v) is 6.17. The van der Waals surface area contributed by atoms with Gasteiger partial charge in [0.05, 0.1) is 6.61 Å². The molecule has 150 valence electrons. The van der Waals surface area contributed by atoms with E-state index in [9.17, 15) is 9.59 Å². The fourth-order valence-corrected chi connectivity index (χ4v) is 4.37. The largest absolute Gasteiger partial charge is 0.461 e. The number of H-pyrrole nitrogens is 1. The van der Waals surface area contributed by atoms with E-state index < -0.39 is 0 Å². The van der Waals surface area contributed by atoms with Crippen LogP contribution in [0.3, 0.4) is 0 Å². The van der Waals surface area contributed by atoms with Gasteiger partial charge in [-0.3, -0.25) is 4.79 Å². The molecule has 0 unspecified atom stereocenters. The summed E-state index contributed by atoms with van der Waals surface area (Å²) in [5, 5.41) is 0.825. The fourth-order valence-electron chi connectivity index (χ4n) is 3.42. The predicted molar refractivity (Wildman–Crippen MR) is 114 cm³/mol. The first kappa shape index (κ1) is 19.6. The van der Waals surface area contributed by atoms with Crippen molar-refractivity contribution >= 4 is 23.1 Å². The second kappa shape index (κ2) is 7.95. The molecule has 1 N–H and O–H groups in total. The van der Waals surface area contributed by atoms with Gasteiger partial charge in [0, 0.05) is 27.4 Å². The average molecular weight is 409 g/mol. The summed E-state index contributed by atoms with van der Waals surface area (Å²) < 4.78 is 5.14. The summed E-state index contributed by atoms with van der Waals surface area (Å²) in [7, 11) is 0. The Morgan fingerprint density at radius 3 is 2.76 bits per heavy atom. The second-order valence-corrected chi connectivity index (χ2v) is 8.71. The molecule has 0 aliphatic heterocycles. The quantitative estimate of drug-likeness (QED) is 0.417. The number of aryl methyl sites for hydroxylation is 1. The van der Waals surface area contributed by atoms with Crippen LogP contribution in [0.1, 0.15) is 58.1 Å². The number of nitrogens with zero attached hydrogens (tertiary/aromatic N) is 1. The van der Waals surface area contributed by atoms with Crippen LogP contribution in [-0.4, -0.2) is 28.3 Å². The number of hydrogen-bond acceptors (Lipinski definition) is 5. The Balaban J connectivity index is 1.75. The molecule has 3 aromatic rings. The van der Waals surface area contributed by atoms with Gasteiger partial charge < -0.3 is 9.72 Å². The summed E-state index contributed by atoms with van der Waals surface area (Å²) in [5.74, 6) is 0.377. The molecule has 0 amide bonds. The second-order valence-electron chi connectivity index (χ2n) is 7.50. The van der Waals surface area contributed by atoms with Gasteiger partial charge in [0.15, 0.2) is 11.5 Å². The number of carbonyl (C=O) groups is 2. The van der Waals surface area contributed by atoms with E-state index >= 15 is 0 Å². The highest BCUT2D eigenvalue weighted by molar-refractivity contribution is 7.15. The van der Waals surface area contributed by atoms with Crippen LogP contribution in [0.25, 0.3) is 21.8 Å². The van der Waals surface area contributed by atoms with E-state index in [-0.39, 0.29) is 11.8 Å². The minimum atomic E-state index is -0.374. The standard InChI is InChI=1S/C23H24N2O3S/c1-4-28-23(27)21-14(3)29-22(25-21)18-12-19(24-20(18)10-15-8-9-15)17-7-5-6-16(11-17)13(2)26/h5-7,11-12,15,24H,4,8-10H2,1-3H3. The van der Waals surface area contributed by atoms with Crippen molar-refractivity contribution in [3.8, 4) is 21.8 Å². The molecule has 1 aromatic carbocycles. The van der Waals surface area contributed by atoms with E-state index in [1.54, 1.807) is 13.8 Å². The maximum atomic E-state index is 12.2. The van der Waals surface area contributed by atoms with Crippen LogP contribution in [0.2, 0.25) is 0 Å². The SMILES string of the molecule is CCOC(=O)c1nc(-c2cc(-c3cccc(C(C)=O)c3)[nH]c2CC2CC2)sc1C. The predicted octanol–water partition coefficient (Wildman–Crippen LogP) is 5.45. The molecule has 1 aliphatic rings. The highest BCUT2D eigenvalue weighted by atomic mass is 32.1. The van der Waals surface area contributed by atoms with Crippen molar-refractivity contribution in [1.82, 2.24) is 9.97 Å². The lowest BCUT2D eigenvalue weighted by Gasteiger charge is -2.01. The normalized spacial score (nSPS) is 13.5. The number of aromatic amines is 1. The number of thiazole rings is 1. The van der Waals surface area contributed by atoms with Crippen molar-refractivity contribution in [3.05, 3.63) is 52.2 Å².